The van der Waals surface area contributed by atoms with Gasteiger partial charge in [0.25, 0.3) is 0 Å². The van der Waals surface area contributed by atoms with Crippen molar-refractivity contribution in [2.75, 3.05) is 13.7 Å². The number of aryl methyl sites for hydroxylation is 2. The zero-order valence-electron chi connectivity index (χ0n) is 15.5. The van der Waals surface area contributed by atoms with Crippen LogP contribution in [-0.4, -0.2) is 41.7 Å². The molecule has 2 aromatic heterocycles. The van der Waals surface area contributed by atoms with Crippen LogP contribution in [-0.2, 0) is 16.6 Å². The first-order valence-electron chi connectivity index (χ1n) is 8.28. The maximum atomic E-state index is 12.7. The molecule has 0 bridgehead atoms. The van der Waals surface area contributed by atoms with Crippen LogP contribution in [0.1, 0.15) is 24.3 Å². The van der Waals surface area contributed by atoms with E-state index in [0.29, 0.717) is 18.1 Å². The topological polar surface area (TPSA) is 112 Å². The minimum Gasteiger partial charge on any atom is -0.494 e. The molecule has 9 nitrogen and oxygen atoms in total. The number of rotatable bonds is 7. The van der Waals surface area contributed by atoms with Gasteiger partial charge in [-0.05, 0) is 45.0 Å². The number of benzene rings is 1. The predicted octanol–water partition coefficient (Wildman–Crippen LogP) is 2.56. The predicted molar refractivity (Wildman–Crippen MR) is 95.5 cm³/mol. The van der Waals surface area contributed by atoms with Crippen LogP contribution < -0.4 is 4.74 Å². The summed E-state index contributed by atoms with van der Waals surface area (Å²) in [6, 6.07) is 7.24. The van der Waals surface area contributed by atoms with Gasteiger partial charge in [0.1, 0.15) is 16.3 Å². The van der Waals surface area contributed by atoms with Gasteiger partial charge in [-0.25, -0.2) is 8.42 Å². The summed E-state index contributed by atoms with van der Waals surface area (Å²) in [6.07, 6.45) is 0. The number of nitrogens with zero attached hydrogens (tertiary/aromatic N) is 4. The minimum absolute atomic E-state index is 0.0521. The molecule has 0 aliphatic heterocycles. The summed E-state index contributed by atoms with van der Waals surface area (Å²) < 4.78 is 42.1. The number of sulfonamides is 1. The second-order valence-corrected chi connectivity index (χ2v) is 7.87. The van der Waals surface area contributed by atoms with Gasteiger partial charge in [-0.3, -0.25) is 0 Å². The van der Waals surface area contributed by atoms with Gasteiger partial charge in [0, 0.05) is 12.6 Å². The summed E-state index contributed by atoms with van der Waals surface area (Å²) in [6.45, 7) is 5.55. The normalized spacial score (nSPS) is 11.9. The van der Waals surface area contributed by atoms with Crippen molar-refractivity contribution in [3.05, 3.63) is 41.6 Å². The van der Waals surface area contributed by atoms with Gasteiger partial charge in [-0.1, -0.05) is 10.3 Å². The smallest absolute Gasteiger partial charge is 0.248 e. The Labute approximate surface area is 157 Å². The third-order valence-corrected chi connectivity index (χ3v) is 5.93. The van der Waals surface area contributed by atoms with Crippen LogP contribution in [0.4, 0.5) is 0 Å². The van der Waals surface area contributed by atoms with E-state index in [9.17, 15) is 8.42 Å². The summed E-state index contributed by atoms with van der Waals surface area (Å²) >= 11 is 0. The first-order chi connectivity index (χ1) is 12.8. The molecule has 0 fully saturated rings. The molecule has 2 heterocycles. The highest BCUT2D eigenvalue weighted by Gasteiger charge is 2.29. The van der Waals surface area contributed by atoms with E-state index in [-0.39, 0.29) is 23.1 Å². The highest BCUT2D eigenvalue weighted by Crippen LogP contribution is 2.24. The lowest BCUT2D eigenvalue weighted by Crippen LogP contribution is -2.27. The Bertz CT molecular complexity index is 1000. The Kier molecular flexibility index (Phi) is 5.29. The standard InChI is InChI=1S/C17H20N4O5S/c1-5-24-14-8-6-13(7-9-14)17-18-15(26-20-17)10-21(4)27(22,23)16-11(2)19-25-12(16)3/h6-9H,5,10H2,1-4H3. The van der Waals surface area contributed by atoms with Gasteiger partial charge in [0.05, 0.1) is 13.2 Å². The summed E-state index contributed by atoms with van der Waals surface area (Å²) in [5, 5.41) is 7.61. The molecule has 10 heteroatoms. The summed E-state index contributed by atoms with van der Waals surface area (Å²) in [5.41, 5.74) is 1.05. The summed E-state index contributed by atoms with van der Waals surface area (Å²) in [7, 11) is -2.36. The SMILES string of the molecule is CCOc1ccc(-c2noc(CN(C)S(=O)(=O)c3c(C)noc3C)n2)cc1. The number of ether oxygens (including phenoxy) is 1. The van der Waals surface area contributed by atoms with E-state index in [1.54, 1.807) is 13.8 Å². The van der Waals surface area contributed by atoms with Crippen molar-refractivity contribution in [3.63, 3.8) is 0 Å². The van der Waals surface area contributed by atoms with Gasteiger partial charge in [0.15, 0.2) is 5.76 Å². The maximum absolute atomic E-state index is 12.7. The number of aromatic nitrogens is 3. The Morgan fingerprint density at radius 1 is 1.11 bits per heavy atom. The fourth-order valence-electron chi connectivity index (χ4n) is 2.58. The Morgan fingerprint density at radius 3 is 2.41 bits per heavy atom. The molecule has 0 aliphatic carbocycles. The molecule has 27 heavy (non-hydrogen) atoms. The van der Waals surface area contributed by atoms with E-state index in [1.807, 2.05) is 31.2 Å². The summed E-state index contributed by atoms with van der Waals surface area (Å²) in [4.78, 5) is 4.32. The molecule has 3 aromatic rings. The summed E-state index contributed by atoms with van der Waals surface area (Å²) in [5.74, 6) is 1.53. The molecule has 0 atom stereocenters. The zero-order valence-corrected chi connectivity index (χ0v) is 16.3. The van der Waals surface area contributed by atoms with Crippen LogP contribution in [0.3, 0.4) is 0 Å². The van der Waals surface area contributed by atoms with E-state index in [0.717, 1.165) is 15.6 Å². The third kappa shape index (κ3) is 3.86. The lowest BCUT2D eigenvalue weighted by atomic mass is 10.2. The van der Waals surface area contributed by atoms with Gasteiger partial charge < -0.3 is 13.8 Å². The van der Waals surface area contributed by atoms with E-state index in [2.05, 4.69) is 15.3 Å². The Hall–Kier alpha value is -2.72. The molecule has 1 aromatic carbocycles. The first kappa shape index (κ1) is 19.1. The van der Waals surface area contributed by atoms with Crippen molar-refractivity contribution in [3.8, 4) is 17.1 Å². The largest absolute Gasteiger partial charge is 0.494 e. The van der Waals surface area contributed by atoms with Gasteiger partial charge >= 0.3 is 0 Å². The van der Waals surface area contributed by atoms with Crippen molar-refractivity contribution < 1.29 is 22.2 Å². The van der Waals surface area contributed by atoms with Gasteiger partial charge in [-0.2, -0.15) is 9.29 Å². The van der Waals surface area contributed by atoms with E-state index in [4.69, 9.17) is 13.8 Å². The minimum atomic E-state index is -3.79. The molecule has 0 unspecified atom stereocenters. The molecular weight excluding hydrogens is 372 g/mol. The molecule has 144 valence electrons. The second-order valence-electron chi connectivity index (χ2n) is 5.88. The molecule has 0 spiro atoms. The molecule has 0 radical (unpaired) electrons. The lowest BCUT2D eigenvalue weighted by Gasteiger charge is -2.14. The third-order valence-electron chi connectivity index (χ3n) is 3.89. The van der Waals surface area contributed by atoms with Crippen molar-refractivity contribution in [1.82, 2.24) is 19.6 Å². The van der Waals surface area contributed by atoms with Gasteiger partial charge in [0.2, 0.25) is 21.7 Å². The first-order valence-corrected chi connectivity index (χ1v) is 9.72. The van der Waals surface area contributed by atoms with Crippen LogP contribution in [0.2, 0.25) is 0 Å². The van der Waals surface area contributed by atoms with Crippen molar-refractivity contribution in [1.29, 1.82) is 0 Å². The monoisotopic (exact) mass is 392 g/mol. The zero-order chi connectivity index (χ0) is 19.6. The highest BCUT2D eigenvalue weighted by atomic mass is 32.2. The second kappa shape index (κ2) is 7.49. The molecule has 0 amide bonds. The van der Waals surface area contributed by atoms with Crippen LogP contribution in [0.5, 0.6) is 5.75 Å². The van der Waals surface area contributed by atoms with Gasteiger partial charge in [-0.15, -0.1) is 0 Å². The maximum Gasteiger partial charge on any atom is 0.248 e. The number of hydrogen-bond donors (Lipinski definition) is 0. The average molecular weight is 392 g/mol. The van der Waals surface area contributed by atoms with Crippen molar-refractivity contribution in [2.45, 2.75) is 32.2 Å². The van der Waals surface area contributed by atoms with Crippen molar-refractivity contribution in [2.24, 2.45) is 0 Å². The molecular formula is C17H20N4O5S. The number of hydrogen-bond acceptors (Lipinski definition) is 8. The fourth-order valence-corrected chi connectivity index (χ4v) is 3.98. The van der Waals surface area contributed by atoms with E-state index in [1.165, 1.54) is 7.05 Å². The van der Waals surface area contributed by atoms with Crippen LogP contribution in [0, 0.1) is 13.8 Å². The highest BCUT2D eigenvalue weighted by molar-refractivity contribution is 7.89. The van der Waals surface area contributed by atoms with Crippen LogP contribution in [0.25, 0.3) is 11.4 Å². The molecule has 0 aliphatic rings. The Balaban J connectivity index is 1.77. The average Bonchev–Trinajstić information content (AvgIpc) is 3.22. The molecule has 0 saturated heterocycles. The quantitative estimate of drug-likeness (QED) is 0.603. The fraction of sp³-hybridized carbons (Fsp3) is 0.353. The van der Waals surface area contributed by atoms with E-state index < -0.39 is 10.0 Å². The van der Waals surface area contributed by atoms with Crippen LogP contribution >= 0.6 is 0 Å². The van der Waals surface area contributed by atoms with Crippen molar-refractivity contribution >= 4 is 10.0 Å². The lowest BCUT2D eigenvalue weighted by molar-refractivity contribution is 0.336. The van der Waals surface area contributed by atoms with Crippen LogP contribution in [0.15, 0.2) is 38.2 Å². The molecule has 3 rings (SSSR count). The van der Waals surface area contributed by atoms with E-state index >= 15 is 0 Å². The Morgan fingerprint density at radius 2 is 1.81 bits per heavy atom. The molecule has 0 N–H and O–H groups in total. The molecule has 0 saturated carbocycles.